The van der Waals surface area contributed by atoms with Crippen LogP contribution in [0.15, 0.2) is 30.5 Å². The van der Waals surface area contributed by atoms with Crippen LogP contribution in [0, 0.1) is 10.1 Å². The van der Waals surface area contributed by atoms with Crippen LogP contribution in [0.25, 0.3) is 11.3 Å². The molecule has 0 spiro atoms. The molecule has 0 aromatic carbocycles. The summed E-state index contributed by atoms with van der Waals surface area (Å²) in [7, 11) is 0. The second kappa shape index (κ2) is 4.05. The molecular weight excluding hydrogens is 222 g/mol. The van der Waals surface area contributed by atoms with Crippen molar-refractivity contribution >= 4 is 17.3 Å². The van der Waals surface area contributed by atoms with E-state index < -0.39 is 4.92 Å². The number of anilines is 2. The zero-order valence-corrected chi connectivity index (χ0v) is 8.70. The molecule has 17 heavy (non-hydrogen) atoms. The first-order chi connectivity index (χ1) is 8.08. The SMILES string of the molecule is Nc1cc(-c2ccc([N+](=O)[O-])c(N)n2)ccn1. The van der Waals surface area contributed by atoms with E-state index in [4.69, 9.17) is 11.5 Å². The van der Waals surface area contributed by atoms with Gasteiger partial charge in [-0.15, -0.1) is 0 Å². The van der Waals surface area contributed by atoms with Gasteiger partial charge >= 0.3 is 5.69 Å². The summed E-state index contributed by atoms with van der Waals surface area (Å²) in [5.41, 5.74) is 12.0. The highest BCUT2D eigenvalue weighted by Crippen LogP contribution is 2.24. The lowest BCUT2D eigenvalue weighted by atomic mass is 10.1. The predicted molar refractivity (Wildman–Crippen MR) is 62.9 cm³/mol. The molecule has 4 N–H and O–H groups in total. The third kappa shape index (κ3) is 2.12. The molecule has 2 aromatic rings. The van der Waals surface area contributed by atoms with Crippen molar-refractivity contribution in [2.24, 2.45) is 0 Å². The number of nitrogen functional groups attached to an aromatic ring is 2. The van der Waals surface area contributed by atoms with Crippen molar-refractivity contribution in [1.82, 2.24) is 9.97 Å². The molecule has 0 saturated heterocycles. The van der Waals surface area contributed by atoms with Gasteiger partial charge in [0.2, 0.25) is 5.82 Å². The molecule has 7 heteroatoms. The van der Waals surface area contributed by atoms with Crippen molar-refractivity contribution in [2.45, 2.75) is 0 Å². The van der Waals surface area contributed by atoms with Gasteiger partial charge in [0.05, 0.1) is 10.6 Å². The van der Waals surface area contributed by atoms with Gasteiger partial charge in [0.25, 0.3) is 0 Å². The third-order valence-electron chi connectivity index (χ3n) is 2.18. The maximum Gasteiger partial charge on any atom is 0.311 e. The minimum Gasteiger partial charge on any atom is -0.384 e. The van der Waals surface area contributed by atoms with Crippen LogP contribution in [0.4, 0.5) is 17.3 Å². The van der Waals surface area contributed by atoms with Gasteiger partial charge in [-0.1, -0.05) is 0 Å². The Kier molecular flexibility index (Phi) is 2.57. The number of nitrogens with zero attached hydrogens (tertiary/aromatic N) is 3. The van der Waals surface area contributed by atoms with Crippen LogP contribution in [0.5, 0.6) is 0 Å². The predicted octanol–water partition coefficient (Wildman–Crippen LogP) is 1.22. The fourth-order valence-corrected chi connectivity index (χ4v) is 1.39. The van der Waals surface area contributed by atoms with Crippen molar-refractivity contribution < 1.29 is 4.92 Å². The fraction of sp³-hybridized carbons (Fsp3) is 0. The van der Waals surface area contributed by atoms with Gasteiger partial charge in [0, 0.05) is 17.8 Å². The minimum atomic E-state index is -0.576. The first-order valence-electron chi connectivity index (χ1n) is 4.71. The van der Waals surface area contributed by atoms with Crippen molar-refractivity contribution in [3.63, 3.8) is 0 Å². The first kappa shape index (κ1) is 10.8. The highest BCUT2D eigenvalue weighted by molar-refractivity contribution is 5.66. The Hall–Kier alpha value is -2.70. The Balaban J connectivity index is 2.48. The van der Waals surface area contributed by atoms with Crippen LogP contribution in [-0.2, 0) is 0 Å². The van der Waals surface area contributed by atoms with Crippen LogP contribution in [0.2, 0.25) is 0 Å². The molecule has 0 saturated carbocycles. The fourth-order valence-electron chi connectivity index (χ4n) is 1.39. The van der Waals surface area contributed by atoms with Gasteiger partial charge in [-0.25, -0.2) is 9.97 Å². The summed E-state index contributed by atoms with van der Waals surface area (Å²) in [4.78, 5) is 17.8. The van der Waals surface area contributed by atoms with Crippen molar-refractivity contribution in [1.29, 1.82) is 0 Å². The van der Waals surface area contributed by atoms with E-state index in [1.165, 1.54) is 18.3 Å². The summed E-state index contributed by atoms with van der Waals surface area (Å²) in [5.74, 6) is 0.226. The number of hydrogen-bond acceptors (Lipinski definition) is 6. The van der Waals surface area contributed by atoms with E-state index in [-0.39, 0.29) is 11.5 Å². The molecule has 0 unspecified atom stereocenters. The molecule has 0 aliphatic carbocycles. The average Bonchev–Trinajstić information content (AvgIpc) is 2.28. The Labute approximate surface area is 96.3 Å². The van der Waals surface area contributed by atoms with Gasteiger partial charge in [0.1, 0.15) is 5.82 Å². The topological polar surface area (TPSA) is 121 Å². The quantitative estimate of drug-likeness (QED) is 0.591. The van der Waals surface area contributed by atoms with E-state index in [9.17, 15) is 10.1 Å². The van der Waals surface area contributed by atoms with Crippen molar-refractivity contribution in [3.05, 3.63) is 40.6 Å². The minimum absolute atomic E-state index is 0.122. The molecule has 0 fully saturated rings. The second-order valence-corrected chi connectivity index (χ2v) is 3.33. The molecule has 2 rings (SSSR count). The Morgan fingerprint density at radius 1 is 1.24 bits per heavy atom. The molecule has 0 aliphatic heterocycles. The van der Waals surface area contributed by atoms with E-state index >= 15 is 0 Å². The highest BCUT2D eigenvalue weighted by atomic mass is 16.6. The number of aromatic nitrogens is 2. The maximum absolute atomic E-state index is 10.6. The Bertz CT molecular complexity index is 585. The molecule has 86 valence electrons. The van der Waals surface area contributed by atoms with Gasteiger partial charge in [-0.05, 0) is 18.2 Å². The monoisotopic (exact) mass is 231 g/mol. The molecule has 7 nitrogen and oxygen atoms in total. The lowest BCUT2D eigenvalue weighted by Crippen LogP contribution is -1.99. The maximum atomic E-state index is 10.6. The molecule has 0 bridgehead atoms. The molecule has 0 amide bonds. The van der Waals surface area contributed by atoms with Gasteiger partial charge < -0.3 is 11.5 Å². The number of hydrogen-bond donors (Lipinski definition) is 2. The highest BCUT2D eigenvalue weighted by Gasteiger charge is 2.13. The van der Waals surface area contributed by atoms with E-state index in [0.717, 1.165) is 0 Å². The standard InChI is InChI=1S/C10H9N5O2/c11-9-5-6(3-4-13-9)7-1-2-8(15(16)17)10(12)14-7/h1-5H,(H2,11,13)(H2,12,14). The van der Waals surface area contributed by atoms with E-state index in [1.807, 2.05) is 0 Å². The lowest BCUT2D eigenvalue weighted by molar-refractivity contribution is -0.384. The van der Waals surface area contributed by atoms with Crippen LogP contribution in [0.1, 0.15) is 0 Å². The Morgan fingerprint density at radius 3 is 2.59 bits per heavy atom. The summed E-state index contributed by atoms with van der Waals surface area (Å²) >= 11 is 0. The normalized spacial score (nSPS) is 10.1. The zero-order chi connectivity index (χ0) is 12.4. The number of rotatable bonds is 2. The van der Waals surface area contributed by atoms with Gasteiger partial charge in [0.15, 0.2) is 0 Å². The number of nitro groups is 1. The zero-order valence-electron chi connectivity index (χ0n) is 8.70. The van der Waals surface area contributed by atoms with Crippen LogP contribution in [0.3, 0.4) is 0 Å². The first-order valence-corrected chi connectivity index (χ1v) is 4.71. The average molecular weight is 231 g/mol. The molecular formula is C10H9N5O2. The van der Waals surface area contributed by atoms with Crippen molar-refractivity contribution in [3.8, 4) is 11.3 Å². The summed E-state index contributed by atoms with van der Waals surface area (Å²) in [6.07, 6.45) is 1.53. The van der Waals surface area contributed by atoms with Crippen LogP contribution in [-0.4, -0.2) is 14.9 Å². The van der Waals surface area contributed by atoms with Crippen molar-refractivity contribution in [2.75, 3.05) is 11.5 Å². The summed E-state index contributed by atoms with van der Waals surface area (Å²) in [6, 6.07) is 6.15. The molecule has 0 atom stereocenters. The molecule has 2 aromatic heterocycles. The summed E-state index contributed by atoms with van der Waals surface area (Å²) < 4.78 is 0. The summed E-state index contributed by atoms with van der Waals surface area (Å²) in [5, 5.41) is 10.6. The van der Waals surface area contributed by atoms with Crippen LogP contribution < -0.4 is 11.5 Å². The molecule has 0 aliphatic rings. The Morgan fingerprint density at radius 2 is 2.00 bits per heavy atom. The van der Waals surface area contributed by atoms with E-state index in [1.54, 1.807) is 12.1 Å². The van der Waals surface area contributed by atoms with E-state index in [2.05, 4.69) is 9.97 Å². The molecule has 0 radical (unpaired) electrons. The van der Waals surface area contributed by atoms with Gasteiger partial charge in [-0.2, -0.15) is 0 Å². The largest absolute Gasteiger partial charge is 0.384 e. The lowest BCUT2D eigenvalue weighted by Gasteiger charge is -2.03. The van der Waals surface area contributed by atoms with Crippen LogP contribution >= 0.6 is 0 Å². The smallest absolute Gasteiger partial charge is 0.311 e. The second-order valence-electron chi connectivity index (χ2n) is 3.33. The van der Waals surface area contributed by atoms with Gasteiger partial charge in [-0.3, -0.25) is 10.1 Å². The number of nitrogens with two attached hydrogens (primary N) is 2. The van der Waals surface area contributed by atoms with E-state index in [0.29, 0.717) is 17.1 Å². The summed E-state index contributed by atoms with van der Waals surface area (Å²) in [6.45, 7) is 0. The third-order valence-corrected chi connectivity index (χ3v) is 2.18. The number of pyridine rings is 2. The molecule has 2 heterocycles.